The number of halogens is 1. The third kappa shape index (κ3) is 5.75. The summed E-state index contributed by atoms with van der Waals surface area (Å²) in [6.45, 7) is 4.54. The molecule has 0 aliphatic heterocycles. The normalized spacial score (nSPS) is 25.7. The molecule has 2 rings (SSSR count). The van der Waals surface area contributed by atoms with E-state index in [0.29, 0.717) is 19.4 Å². The SMILES string of the molecule is Cc1cccc(OC[C@@H]2[C@@H](CC=CCCCC(=O)O)[C@H](Cl)C[C@H]2O)c1C. The van der Waals surface area contributed by atoms with Crippen molar-refractivity contribution in [3.63, 3.8) is 0 Å². The quantitative estimate of drug-likeness (QED) is 0.376. The molecule has 0 unspecified atom stereocenters. The van der Waals surface area contributed by atoms with Gasteiger partial charge in [-0.2, -0.15) is 0 Å². The van der Waals surface area contributed by atoms with Crippen LogP contribution in [0.3, 0.4) is 0 Å². The molecule has 5 heteroatoms. The van der Waals surface area contributed by atoms with Gasteiger partial charge in [-0.1, -0.05) is 24.3 Å². The first-order valence-corrected chi connectivity index (χ1v) is 9.71. The largest absolute Gasteiger partial charge is 0.493 e. The number of aliphatic hydroxyl groups excluding tert-OH is 1. The number of allylic oxidation sites excluding steroid dienone is 2. The van der Waals surface area contributed by atoms with E-state index in [1.54, 1.807) is 0 Å². The van der Waals surface area contributed by atoms with Crippen molar-refractivity contribution in [2.75, 3.05) is 6.61 Å². The Labute approximate surface area is 160 Å². The second kappa shape index (κ2) is 9.98. The van der Waals surface area contributed by atoms with E-state index in [1.165, 1.54) is 5.56 Å². The van der Waals surface area contributed by atoms with E-state index in [4.69, 9.17) is 21.4 Å². The summed E-state index contributed by atoms with van der Waals surface area (Å²) in [5.74, 6) is 0.258. The molecular weight excluding hydrogens is 352 g/mol. The Kier molecular flexibility index (Phi) is 7.98. The van der Waals surface area contributed by atoms with E-state index < -0.39 is 12.1 Å². The fourth-order valence-electron chi connectivity index (χ4n) is 3.50. The van der Waals surface area contributed by atoms with Crippen molar-refractivity contribution in [1.82, 2.24) is 0 Å². The second-order valence-electron chi connectivity index (χ2n) is 7.15. The number of carboxylic acids is 1. The van der Waals surface area contributed by atoms with Crippen LogP contribution in [0.4, 0.5) is 0 Å². The van der Waals surface area contributed by atoms with Crippen molar-refractivity contribution in [2.24, 2.45) is 11.8 Å². The van der Waals surface area contributed by atoms with Gasteiger partial charge in [-0.3, -0.25) is 4.79 Å². The third-order valence-corrected chi connectivity index (χ3v) is 5.80. The van der Waals surface area contributed by atoms with Crippen LogP contribution in [0.5, 0.6) is 5.75 Å². The van der Waals surface area contributed by atoms with Crippen LogP contribution in [-0.2, 0) is 4.79 Å². The predicted molar refractivity (Wildman–Crippen MR) is 104 cm³/mol. The molecule has 144 valence electrons. The number of aryl methyl sites for hydroxylation is 1. The Hall–Kier alpha value is -1.52. The summed E-state index contributed by atoms with van der Waals surface area (Å²) in [5.41, 5.74) is 2.31. The minimum atomic E-state index is -0.762. The third-order valence-electron chi connectivity index (χ3n) is 5.30. The zero-order valence-corrected chi connectivity index (χ0v) is 16.3. The van der Waals surface area contributed by atoms with Gasteiger partial charge in [0.2, 0.25) is 0 Å². The molecule has 0 saturated heterocycles. The first kappa shape index (κ1) is 20.8. The van der Waals surface area contributed by atoms with E-state index in [1.807, 2.05) is 25.1 Å². The highest BCUT2D eigenvalue weighted by atomic mass is 35.5. The number of rotatable bonds is 9. The van der Waals surface area contributed by atoms with Crippen molar-refractivity contribution in [2.45, 2.75) is 57.4 Å². The van der Waals surface area contributed by atoms with Crippen molar-refractivity contribution >= 4 is 17.6 Å². The lowest BCUT2D eigenvalue weighted by molar-refractivity contribution is -0.137. The van der Waals surface area contributed by atoms with Crippen LogP contribution in [0.1, 0.15) is 43.2 Å². The van der Waals surface area contributed by atoms with Crippen molar-refractivity contribution in [3.05, 3.63) is 41.5 Å². The van der Waals surface area contributed by atoms with Crippen LogP contribution in [-0.4, -0.2) is 34.3 Å². The smallest absolute Gasteiger partial charge is 0.303 e. The maximum atomic E-state index is 10.5. The molecule has 0 radical (unpaired) electrons. The zero-order valence-electron chi connectivity index (χ0n) is 15.5. The molecular formula is C21H29ClO4. The number of unbranched alkanes of at least 4 members (excludes halogenated alkanes) is 1. The Morgan fingerprint density at radius 3 is 2.81 bits per heavy atom. The number of carboxylic acid groups (broad SMARTS) is 1. The molecule has 26 heavy (non-hydrogen) atoms. The van der Waals surface area contributed by atoms with Gasteiger partial charge >= 0.3 is 5.97 Å². The van der Waals surface area contributed by atoms with Gasteiger partial charge in [-0.25, -0.2) is 0 Å². The minimum absolute atomic E-state index is 0.00100. The van der Waals surface area contributed by atoms with E-state index in [9.17, 15) is 9.90 Å². The average molecular weight is 381 g/mol. The van der Waals surface area contributed by atoms with Gasteiger partial charge < -0.3 is 14.9 Å². The minimum Gasteiger partial charge on any atom is -0.493 e. The average Bonchev–Trinajstić information content (AvgIpc) is 2.85. The summed E-state index contributed by atoms with van der Waals surface area (Å²) in [4.78, 5) is 10.5. The Morgan fingerprint density at radius 2 is 2.08 bits per heavy atom. The second-order valence-corrected chi connectivity index (χ2v) is 7.71. The van der Waals surface area contributed by atoms with E-state index in [0.717, 1.165) is 24.2 Å². The molecule has 1 aliphatic carbocycles. The molecule has 1 aromatic carbocycles. The Morgan fingerprint density at radius 1 is 1.31 bits per heavy atom. The first-order chi connectivity index (χ1) is 12.4. The molecule has 4 nitrogen and oxygen atoms in total. The number of ether oxygens (including phenoxy) is 1. The number of hydrogen-bond acceptors (Lipinski definition) is 3. The zero-order chi connectivity index (χ0) is 19.1. The maximum absolute atomic E-state index is 10.5. The summed E-state index contributed by atoms with van der Waals surface area (Å²) in [7, 11) is 0. The first-order valence-electron chi connectivity index (χ1n) is 9.28. The van der Waals surface area contributed by atoms with E-state index >= 15 is 0 Å². The Bertz CT molecular complexity index is 628. The van der Waals surface area contributed by atoms with Crippen LogP contribution in [0.25, 0.3) is 0 Å². The highest BCUT2D eigenvalue weighted by Crippen LogP contribution is 2.39. The van der Waals surface area contributed by atoms with Crippen LogP contribution in [0, 0.1) is 25.7 Å². The van der Waals surface area contributed by atoms with Crippen LogP contribution < -0.4 is 4.74 Å². The van der Waals surface area contributed by atoms with E-state index in [2.05, 4.69) is 19.1 Å². The number of aliphatic carboxylic acids is 1. The number of aliphatic hydroxyl groups is 1. The molecule has 1 saturated carbocycles. The lowest BCUT2D eigenvalue weighted by atomic mass is 9.92. The summed E-state index contributed by atoms with van der Waals surface area (Å²) in [6, 6.07) is 5.99. The standard InChI is InChI=1S/C21H29ClO4/c1-14-8-7-10-20(15(14)2)26-13-17-16(18(22)12-19(17)23)9-5-3-4-6-11-21(24)25/h3,5,7-8,10,16-19,23H,4,6,9,11-13H2,1-2H3,(H,24,25)/t16-,17-,18-,19-/m1/s1. The number of carbonyl (C=O) groups is 1. The molecule has 0 amide bonds. The number of hydrogen-bond donors (Lipinski definition) is 2. The van der Waals surface area contributed by atoms with Gasteiger partial charge in [-0.15, -0.1) is 11.6 Å². The van der Waals surface area contributed by atoms with Crippen molar-refractivity contribution in [1.29, 1.82) is 0 Å². The van der Waals surface area contributed by atoms with Gasteiger partial charge in [0.1, 0.15) is 5.75 Å². The summed E-state index contributed by atoms with van der Waals surface area (Å²) < 4.78 is 6.01. The number of benzene rings is 1. The predicted octanol–water partition coefficient (Wildman–Crippen LogP) is 4.49. The highest BCUT2D eigenvalue weighted by Gasteiger charge is 2.41. The lowest BCUT2D eigenvalue weighted by Gasteiger charge is -2.23. The van der Waals surface area contributed by atoms with Crippen molar-refractivity contribution < 1.29 is 19.7 Å². The van der Waals surface area contributed by atoms with Crippen LogP contribution in [0.15, 0.2) is 30.4 Å². The summed E-state index contributed by atoms with van der Waals surface area (Å²) in [5, 5.41) is 19.0. The van der Waals surface area contributed by atoms with Crippen LogP contribution >= 0.6 is 11.6 Å². The van der Waals surface area contributed by atoms with Crippen LogP contribution in [0.2, 0.25) is 0 Å². The topological polar surface area (TPSA) is 66.8 Å². The fraction of sp³-hybridized carbons (Fsp3) is 0.571. The summed E-state index contributed by atoms with van der Waals surface area (Å²) >= 11 is 6.46. The van der Waals surface area contributed by atoms with Gasteiger partial charge in [0.15, 0.2) is 0 Å². The molecule has 0 aromatic heterocycles. The fourth-order valence-corrected chi connectivity index (χ4v) is 3.97. The van der Waals surface area contributed by atoms with Gasteiger partial charge in [0, 0.05) is 17.7 Å². The molecule has 1 aromatic rings. The molecule has 0 heterocycles. The summed E-state index contributed by atoms with van der Waals surface area (Å²) in [6.07, 6.45) is 6.56. The van der Waals surface area contributed by atoms with Gasteiger partial charge in [0.05, 0.1) is 12.7 Å². The molecule has 4 atom stereocenters. The maximum Gasteiger partial charge on any atom is 0.303 e. The van der Waals surface area contributed by atoms with Gasteiger partial charge in [0.25, 0.3) is 0 Å². The molecule has 0 spiro atoms. The van der Waals surface area contributed by atoms with Crippen molar-refractivity contribution in [3.8, 4) is 5.75 Å². The highest BCUT2D eigenvalue weighted by molar-refractivity contribution is 6.21. The number of alkyl halides is 1. The Balaban J connectivity index is 1.89. The molecule has 2 N–H and O–H groups in total. The molecule has 1 fully saturated rings. The lowest BCUT2D eigenvalue weighted by Crippen LogP contribution is -2.27. The molecule has 1 aliphatic rings. The van der Waals surface area contributed by atoms with Gasteiger partial charge in [-0.05, 0) is 62.6 Å². The molecule has 0 bridgehead atoms. The van der Waals surface area contributed by atoms with E-state index in [-0.39, 0.29) is 23.6 Å². The monoisotopic (exact) mass is 380 g/mol.